The number of nitrogens with one attached hydrogen (secondary N) is 1. The van der Waals surface area contributed by atoms with E-state index in [0.29, 0.717) is 0 Å². The van der Waals surface area contributed by atoms with E-state index in [4.69, 9.17) is 4.74 Å². The van der Waals surface area contributed by atoms with Gasteiger partial charge in [-0.2, -0.15) is 0 Å². The molecule has 0 fully saturated rings. The Morgan fingerprint density at radius 3 is 2.71 bits per heavy atom. The zero-order valence-corrected chi connectivity index (χ0v) is 13.4. The number of aromatic nitrogens is 2. The first-order chi connectivity index (χ1) is 10.0. The molecule has 0 radical (unpaired) electrons. The van der Waals surface area contributed by atoms with Crippen LogP contribution in [0.5, 0.6) is 0 Å². The second-order valence-electron chi connectivity index (χ2n) is 6.21. The van der Waals surface area contributed by atoms with Gasteiger partial charge in [-0.25, -0.2) is 4.98 Å². The molecule has 2 rings (SSSR count). The van der Waals surface area contributed by atoms with Crippen LogP contribution >= 0.6 is 0 Å². The van der Waals surface area contributed by atoms with Gasteiger partial charge >= 0.3 is 0 Å². The molecule has 0 bridgehead atoms. The summed E-state index contributed by atoms with van der Waals surface area (Å²) in [7, 11) is 1.73. The van der Waals surface area contributed by atoms with Gasteiger partial charge in [0.25, 0.3) is 0 Å². The van der Waals surface area contributed by atoms with Crippen molar-refractivity contribution in [2.45, 2.75) is 39.2 Å². The summed E-state index contributed by atoms with van der Waals surface area (Å²) in [5.74, 6) is 0.878. The van der Waals surface area contributed by atoms with Crippen LogP contribution in [0.1, 0.15) is 32.8 Å². The largest absolute Gasteiger partial charge is 0.385 e. The Morgan fingerprint density at radius 2 is 2.00 bits per heavy atom. The van der Waals surface area contributed by atoms with Gasteiger partial charge in [0.05, 0.1) is 0 Å². The molecule has 0 saturated carbocycles. The molecule has 0 atom stereocenters. The molecule has 0 spiro atoms. The summed E-state index contributed by atoms with van der Waals surface area (Å²) in [6.45, 7) is 8.32. The first-order valence-electron chi connectivity index (χ1n) is 7.39. The van der Waals surface area contributed by atoms with Crippen LogP contribution in [0.3, 0.4) is 0 Å². The molecule has 1 aromatic heterocycles. The molecule has 114 valence electrons. The lowest BCUT2D eigenvalue weighted by Gasteiger charge is -2.23. The molecule has 1 heterocycles. The van der Waals surface area contributed by atoms with Crippen LogP contribution in [0.25, 0.3) is 0 Å². The number of benzene rings is 1. The molecule has 21 heavy (non-hydrogen) atoms. The Labute approximate surface area is 127 Å². The summed E-state index contributed by atoms with van der Waals surface area (Å²) >= 11 is 0. The van der Waals surface area contributed by atoms with Crippen LogP contribution in [0.15, 0.2) is 36.7 Å². The highest BCUT2D eigenvalue weighted by molar-refractivity contribution is 5.60. The van der Waals surface area contributed by atoms with E-state index < -0.39 is 0 Å². The number of aryl methyl sites for hydroxylation is 1. The van der Waals surface area contributed by atoms with Crippen LogP contribution in [0.2, 0.25) is 0 Å². The SMILES string of the molecule is COCCCn1ccnc1Nc1ccccc1C(C)(C)C. The minimum absolute atomic E-state index is 0.0943. The van der Waals surface area contributed by atoms with Gasteiger partial charge in [0, 0.05) is 38.3 Å². The number of ether oxygens (including phenoxy) is 1. The van der Waals surface area contributed by atoms with Crippen molar-refractivity contribution in [3.63, 3.8) is 0 Å². The van der Waals surface area contributed by atoms with Gasteiger partial charge in [-0.3, -0.25) is 0 Å². The van der Waals surface area contributed by atoms with E-state index in [9.17, 15) is 0 Å². The molecule has 0 saturated heterocycles. The summed E-state index contributed by atoms with van der Waals surface area (Å²) in [6, 6.07) is 8.40. The van der Waals surface area contributed by atoms with E-state index in [-0.39, 0.29) is 5.41 Å². The minimum atomic E-state index is 0.0943. The second-order valence-corrected chi connectivity index (χ2v) is 6.21. The highest BCUT2D eigenvalue weighted by Crippen LogP contribution is 2.30. The maximum absolute atomic E-state index is 5.11. The Balaban J connectivity index is 2.18. The Morgan fingerprint density at radius 1 is 1.24 bits per heavy atom. The zero-order chi connectivity index (χ0) is 15.3. The Kier molecular flexibility index (Phi) is 5.02. The van der Waals surface area contributed by atoms with Gasteiger partial charge in [0.15, 0.2) is 0 Å². The average molecular weight is 287 g/mol. The molecule has 0 amide bonds. The van der Waals surface area contributed by atoms with E-state index in [2.05, 4.69) is 59.9 Å². The highest BCUT2D eigenvalue weighted by atomic mass is 16.5. The van der Waals surface area contributed by atoms with Crippen molar-refractivity contribution in [2.75, 3.05) is 19.0 Å². The van der Waals surface area contributed by atoms with E-state index in [1.165, 1.54) is 5.56 Å². The lowest BCUT2D eigenvalue weighted by atomic mass is 9.86. The molecule has 0 aliphatic heterocycles. The summed E-state index contributed by atoms with van der Waals surface area (Å²) in [6.07, 6.45) is 4.80. The summed E-state index contributed by atoms with van der Waals surface area (Å²) < 4.78 is 7.23. The molecule has 0 aliphatic rings. The number of imidazole rings is 1. The molecule has 4 nitrogen and oxygen atoms in total. The molecule has 1 aromatic carbocycles. The number of rotatable bonds is 6. The summed E-state index contributed by atoms with van der Waals surface area (Å²) in [5, 5.41) is 3.47. The Bertz CT molecular complexity index is 569. The third-order valence-corrected chi connectivity index (χ3v) is 3.44. The fourth-order valence-corrected chi connectivity index (χ4v) is 2.36. The van der Waals surface area contributed by atoms with Crippen molar-refractivity contribution in [1.82, 2.24) is 9.55 Å². The first-order valence-corrected chi connectivity index (χ1v) is 7.39. The topological polar surface area (TPSA) is 39.1 Å². The van der Waals surface area contributed by atoms with Crippen LogP contribution in [0.4, 0.5) is 11.6 Å². The molecule has 0 aliphatic carbocycles. The van der Waals surface area contributed by atoms with Crippen molar-refractivity contribution in [1.29, 1.82) is 0 Å². The minimum Gasteiger partial charge on any atom is -0.385 e. The van der Waals surface area contributed by atoms with Gasteiger partial charge in [-0.05, 0) is 23.5 Å². The number of hydrogen-bond acceptors (Lipinski definition) is 3. The maximum atomic E-state index is 5.11. The van der Waals surface area contributed by atoms with E-state index >= 15 is 0 Å². The molecular formula is C17H25N3O. The van der Waals surface area contributed by atoms with Gasteiger partial charge in [0.1, 0.15) is 0 Å². The Hall–Kier alpha value is -1.81. The van der Waals surface area contributed by atoms with Crippen LogP contribution < -0.4 is 5.32 Å². The van der Waals surface area contributed by atoms with Gasteiger partial charge in [-0.1, -0.05) is 39.0 Å². The average Bonchev–Trinajstić information content (AvgIpc) is 2.86. The van der Waals surface area contributed by atoms with Gasteiger partial charge in [0.2, 0.25) is 5.95 Å². The molecule has 1 N–H and O–H groups in total. The zero-order valence-electron chi connectivity index (χ0n) is 13.4. The third kappa shape index (κ3) is 4.08. The lowest BCUT2D eigenvalue weighted by Crippen LogP contribution is -2.14. The monoisotopic (exact) mass is 287 g/mol. The van der Waals surface area contributed by atoms with Gasteiger partial charge in [-0.15, -0.1) is 0 Å². The second kappa shape index (κ2) is 6.76. The molecular weight excluding hydrogens is 262 g/mol. The number of hydrogen-bond donors (Lipinski definition) is 1. The summed E-state index contributed by atoms with van der Waals surface area (Å²) in [5.41, 5.74) is 2.50. The van der Waals surface area contributed by atoms with Crippen molar-refractivity contribution < 1.29 is 4.74 Å². The standard InChI is InChI=1S/C17H25N3O/c1-17(2,3)14-8-5-6-9-15(14)19-16-18-10-12-20(16)11-7-13-21-4/h5-6,8-10,12H,7,11,13H2,1-4H3,(H,18,19). The predicted molar refractivity (Wildman–Crippen MR) is 87.1 cm³/mol. The fraction of sp³-hybridized carbons (Fsp3) is 0.471. The summed E-state index contributed by atoms with van der Waals surface area (Å²) in [4.78, 5) is 4.42. The van der Waals surface area contributed by atoms with Crippen molar-refractivity contribution in [3.05, 3.63) is 42.2 Å². The lowest BCUT2D eigenvalue weighted by molar-refractivity contribution is 0.190. The number of nitrogens with zero attached hydrogens (tertiary/aromatic N) is 2. The smallest absolute Gasteiger partial charge is 0.207 e. The fourth-order valence-electron chi connectivity index (χ4n) is 2.36. The first kappa shape index (κ1) is 15.6. The van der Waals surface area contributed by atoms with Crippen LogP contribution in [0, 0.1) is 0 Å². The van der Waals surface area contributed by atoms with Crippen molar-refractivity contribution in [2.24, 2.45) is 0 Å². The van der Waals surface area contributed by atoms with Crippen LogP contribution in [-0.4, -0.2) is 23.3 Å². The third-order valence-electron chi connectivity index (χ3n) is 3.44. The molecule has 4 heteroatoms. The highest BCUT2D eigenvalue weighted by Gasteiger charge is 2.18. The molecule has 0 unspecified atom stereocenters. The predicted octanol–water partition coefficient (Wildman–Crippen LogP) is 3.96. The van der Waals surface area contributed by atoms with Crippen molar-refractivity contribution >= 4 is 11.6 Å². The molecule has 2 aromatic rings. The van der Waals surface area contributed by atoms with Crippen molar-refractivity contribution in [3.8, 4) is 0 Å². The number of methoxy groups -OCH3 is 1. The maximum Gasteiger partial charge on any atom is 0.207 e. The van der Waals surface area contributed by atoms with Gasteiger partial charge < -0.3 is 14.6 Å². The van der Waals surface area contributed by atoms with E-state index in [0.717, 1.165) is 31.2 Å². The quantitative estimate of drug-likeness (QED) is 0.817. The van der Waals surface area contributed by atoms with Crippen LogP contribution in [-0.2, 0) is 16.7 Å². The van der Waals surface area contributed by atoms with E-state index in [1.807, 2.05) is 12.4 Å². The number of para-hydroxylation sites is 1. The normalized spacial score (nSPS) is 11.6. The van der Waals surface area contributed by atoms with E-state index in [1.54, 1.807) is 7.11 Å². The number of anilines is 2.